The lowest BCUT2D eigenvalue weighted by Crippen LogP contribution is -1.94. The van der Waals surface area contributed by atoms with Crippen LogP contribution in [0, 0.1) is 13.8 Å². The Morgan fingerprint density at radius 1 is 1.16 bits per heavy atom. The number of halogens is 1. The molecule has 0 amide bonds. The SMILES string of the molecule is Cc1ccc(Cl)cc1-c1cc(C)c2nc(N)nn2c1. The summed E-state index contributed by atoms with van der Waals surface area (Å²) in [6, 6.07) is 7.92. The summed E-state index contributed by atoms with van der Waals surface area (Å²) in [6.45, 7) is 4.05. The standard InChI is InChI=1S/C14H13ClN4/c1-8-3-4-11(15)6-12(8)10-5-9(2)13-17-14(16)18-19(13)7-10/h3-7H,1-2H3,(H2,16,18). The molecule has 0 aliphatic heterocycles. The maximum atomic E-state index is 6.07. The van der Waals surface area contributed by atoms with E-state index in [9.17, 15) is 0 Å². The lowest BCUT2D eigenvalue weighted by atomic mass is 10.0. The highest BCUT2D eigenvalue weighted by Crippen LogP contribution is 2.28. The minimum atomic E-state index is 0.281. The normalized spacial score (nSPS) is 11.1. The van der Waals surface area contributed by atoms with Crippen molar-refractivity contribution in [2.24, 2.45) is 0 Å². The van der Waals surface area contributed by atoms with E-state index >= 15 is 0 Å². The van der Waals surface area contributed by atoms with Gasteiger partial charge in [0.1, 0.15) is 0 Å². The van der Waals surface area contributed by atoms with Crippen LogP contribution in [0.25, 0.3) is 16.8 Å². The highest BCUT2D eigenvalue weighted by molar-refractivity contribution is 6.30. The number of nitrogens with zero attached hydrogens (tertiary/aromatic N) is 3. The molecule has 5 heteroatoms. The van der Waals surface area contributed by atoms with Crippen LogP contribution < -0.4 is 5.73 Å². The van der Waals surface area contributed by atoms with Crippen molar-refractivity contribution in [2.75, 3.05) is 5.73 Å². The van der Waals surface area contributed by atoms with Gasteiger partial charge in [0.25, 0.3) is 0 Å². The Morgan fingerprint density at radius 3 is 2.74 bits per heavy atom. The van der Waals surface area contributed by atoms with Crippen LogP contribution in [0.3, 0.4) is 0 Å². The van der Waals surface area contributed by atoms with Crippen LogP contribution in [0.15, 0.2) is 30.5 Å². The van der Waals surface area contributed by atoms with E-state index in [2.05, 4.69) is 23.1 Å². The number of benzene rings is 1. The van der Waals surface area contributed by atoms with Gasteiger partial charge in [0.15, 0.2) is 5.65 Å². The third-order valence-corrected chi connectivity index (χ3v) is 3.38. The molecule has 0 unspecified atom stereocenters. The maximum Gasteiger partial charge on any atom is 0.240 e. The molecule has 19 heavy (non-hydrogen) atoms. The molecule has 2 aromatic heterocycles. The largest absolute Gasteiger partial charge is 0.366 e. The van der Waals surface area contributed by atoms with Crippen molar-refractivity contribution in [1.82, 2.24) is 14.6 Å². The van der Waals surface area contributed by atoms with Gasteiger partial charge in [0, 0.05) is 16.8 Å². The van der Waals surface area contributed by atoms with Crippen molar-refractivity contribution >= 4 is 23.2 Å². The summed E-state index contributed by atoms with van der Waals surface area (Å²) in [5.41, 5.74) is 10.7. The van der Waals surface area contributed by atoms with E-state index in [0.29, 0.717) is 0 Å². The molecule has 0 bridgehead atoms. The number of anilines is 1. The summed E-state index contributed by atoms with van der Waals surface area (Å²) in [5.74, 6) is 0.281. The Labute approximate surface area is 115 Å². The van der Waals surface area contributed by atoms with Gasteiger partial charge in [-0.1, -0.05) is 17.7 Å². The molecule has 0 radical (unpaired) electrons. The van der Waals surface area contributed by atoms with Gasteiger partial charge in [-0.05, 0) is 48.7 Å². The molecule has 0 aliphatic carbocycles. The van der Waals surface area contributed by atoms with Gasteiger partial charge in [-0.3, -0.25) is 0 Å². The third kappa shape index (κ3) is 2.04. The fraction of sp³-hybridized carbons (Fsp3) is 0.143. The van der Waals surface area contributed by atoms with Crippen LogP contribution in [0.1, 0.15) is 11.1 Å². The highest BCUT2D eigenvalue weighted by Gasteiger charge is 2.09. The van der Waals surface area contributed by atoms with Crippen LogP contribution in [-0.2, 0) is 0 Å². The van der Waals surface area contributed by atoms with Crippen molar-refractivity contribution in [3.05, 3.63) is 46.6 Å². The Hall–Kier alpha value is -2.07. The second-order valence-electron chi connectivity index (χ2n) is 4.61. The van der Waals surface area contributed by atoms with Crippen LogP contribution in [0.2, 0.25) is 5.02 Å². The summed E-state index contributed by atoms with van der Waals surface area (Å²) >= 11 is 6.07. The molecule has 0 atom stereocenters. The zero-order chi connectivity index (χ0) is 13.6. The number of nitrogens with two attached hydrogens (primary N) is 1. The van der Waals surface area contributed by atoms with E-state index in [1.807, 2.05) is 31.3 Å². The summed E-state index contributed by atoms with van der Waals surface area (Å²) in [4.78, 5) is 4.19. The molecule has 4 nitrogen and oxygen atoms in total. The first-order valence-corrected chi connectivity index (χ1v) is 6.31. The fourth-order valence-electron chi connectivity index (χ4n) is 2.22. The summed E-state index contributed by atoms with van der Waals surface area (Å²) in [7, 11) is 0. The smallest absolute Gasteiger partial charge is 0.240 e. The topological polar surface area (TPSA) is 56.2 Å². The number of aromatic nitrogens is 3. The lowest BCUT2D eigenvalue weighted by molar-refractivity contribution is 0.964. The van der Waals surface area contributed by atoms with Crippen molar-refractivity contribution in [1.29, 1.82) is 0 Å². The minimum absolute atomic E-state index is 0.281. The molecule has 3 rings (SSSR count). The Morgan fingerprint density at radius 2 is 1.95 bits per heavy atom. The van der Waals surface area contributed by atoms with E-state index in [-0.39, 0.29) is 5.95 Å². The van der Waals surface area contributed by atoms with Crippen molar-refractivity contribution < 1.29 is 0 Å². The first-order chi connectivity index (χ1) is 9.04. The summed E-state index contributed by atoms with van der Waals surface area (Å²) < 4.78 is 1.71. The second-order valence-corrected chi connectivity index (χ2v) is 5.05. The zero-order valence-corrected chi connectivity index (χ0v) is 11.4. The molecular weight excluding hydrogens is 260 g/mol. The molecule has 96 valence electrons. The fourth-order valence-corrected chi connectivity index (χ4v) is 2.39. The van der Waals surface area contributed by atoms with Gasteiger partial charge in [0.2, 0.25) is 5.95 Å². The van der Waals surface area contributed by atoms with Crippen molar-refractivity contribution in [2.45, 2.75) is 13.8 Å². The summed E-state index contributed by atoms with van der Waals surface area (Å²) in [6.07, 6.45) is 1.92. The van der Waals surface area contributed by atoms with Crippen LogP contribution in [-0.4, -0.2) is 14.6 Å². The first-order valence-electron chi connectivity index (χ1n) is 5.93. The molecule has 2 heterocycles. The van der Waals surface area contributed by atoms with Crippen LogP contribution >= 0.6 is 11.6 Å². The molecular formula is C14H13ClN4. The summed E-state index contributed by atoms with van der Waals surface area (Å²) in [5, 5.41) is 4.88. The molecule has 1 aromatic carbocycles. The Bertz CT molecular complexity index is 776. The number of fused-ring (bicyclic) bond motifs is 1. The average Bonchev–Trinajstić information content (AvgIpc) is 2.73. The van der Waals surface area contributed by atoms with Gasteiger partial charge in [-0.2, -0.15) is 4.98 Å². The monoisotopic (exact) mass is 272 g/mol. The van der Waals surface area contributed by atoms with Crippen LogP contribution in [0.4, 0.5) is 5.95 Å². The van der Waals surface area contributed by atoms with Gasteiger partial charge >= 0.3 is 0 Å². The van der Waals surface area contributed by atoms with Gasteiger partial charge in [-0.25, -0.2) is 4.52 Å². The number of hydrogen-bond donors (Lipinski definition) is 1. The number of aryl methyl sites for hydroxylation is 2. The average molecular weight is 273 g/mol. The lowest BCUT2D eigenvalue weighted by Gasteiger charge is -2.08. The van der Waals surface area contributed by atoms with Crippen molar-refractivity contribution in [3.63, 3.8) is 0 Å². The Kier molecular flexibility index (Phi) is 2.68. The minimum Gasteiger partial charge on any atom is -0.366 e. The van der Waals surface area contributed by atoms with E-state index < -0.39 is 0 Å². The van der Waals surface area contributed by atoms with Gasteiger partial charge in [-0.15, -0.1) is 5.10 Å². The molecule has 0 saturated carbocycles. The highest BCUT2D eigenvalue weighted by atomic mass is 35.5. The number of rotatable bonds is 1. The van der Waals surface area contributed by atoms with Gasteiger partial charge < -0.3 is 5.73 Å². The first kappa shape index (κ1) is 12.0. The molecule has 3 aromatic rings. The Balaban J connectivity index is 2.27. The zero-order valence-electron chi connectivity index (χ0n) is 10.7. The predicted octanol–water partition coefficient (Wildman–Crippen LogP) is 3.25. The van der Waals surface area contributed by atoms with E-state index in [0.717, 1.165) is 32.9 Å². The number of pyridine rings is 1. The van der Waals surface area contributed by atoms with E-state index in [4.69, 9.17) is 17.3 Å². The third-order valence-electron chi connectivity index (χ3n) is 3.14. The van der Waals surface area contributed by atoms with E-state index in [1.165, 1.54) is 0 Å². The predicted molar refractivity (Wildman–Crippen MR) is 77.3 cm³/mol. The number of nitrogen functional groups attached to an aromatic ring is 1. The molecule has 0 aliphatic rings. The van der Waals surface area contributed by atoms with Gasteiger partial charge in [0.05, 0.1) is 0 Å². The van der Waals surface area contributed by atoms with Crippen molar-refractivity contribution in [3.8, 4) is 11.1 Å². The quantitative estimate of drug-likeness (QED) is 0.740. The molecule has 2 N–H and O–H groups in total. The maximum absolute atomic E-state index is 6.07. The van der Waals surface area contributed by atoms with E-state index in [1.54, 1.807) is 4.52 Å². The van der Waals surface area contributed by atoms with Crippen LogP contribution in [0.5, 0.6) is 0 Å². The molecule has 0 spiro atoms. The number of hydrogen-bond acceptors (Lipinski definition) is 3. The molecule has 0 fully saturated rings. The second kappa shape index (κ2) is 4.24. The molecule has 0 saturated heterocycles.